The third kappa shape index (κ3) is 2.33. The van der Waals surface area contributed by atoms with Crippen molar-refractivity contribution >= 4 is 38.7 Å². The van der Waals surface area contributed by atoms with E-state index in [1.807, 2.05) is 0 Å². The van der Waals surface area contributed by atoms with Gasteiger partial charge in [0, 0.05) is 34.8 Å². The van der Waals surface area contributed by atoms with Crippen LogP contribution < -0.4 is 10.6 Å². The average Bonchev–Trinajstić information content (AvgIpc) is 2.72. The van der Waals surface area contributed by atoms with Gasteiger partial charge in [-0.15, -0.1) is 11.3 Å². The van der Waals surface area contributed by atoms with Gasteiger partial charge in [-0.05, 0) is 12.0 Å². The van der Waals surface area contributed by atoms with Crippen LogP contribution in [0.4, 0.5) is 11.4 Å². The molecule has 0 spiro atoms. The van der Waals surface area contributed by atoms with E-state index in [4.69, 9.17) is 0 Å². The van der Waals surface area contributed by atoms with E-state index < -0.39 is 4.92 Å². The highest BCUT2D eigenvalue weighted by atomic mass is 32.1. The highest BCUT2D eigenvalue weighted by Gasteiger charge is 2.27. The molecule has 1 aliphatic rings. The lowest BCUT2D eigenvalue weighted by Gasteiger charge is -2.19. The summed E-state index contributed by atoms with van der Waals surface area (Å²) >= 11 is 1.36. The number of amides is 1. The van der Waals surface area contributed by atoms with Crippen molar-refractivity contribution in [3.63, 3.8) is 0 Å². The number of non-ortho nitro benzene ring substituents is 1. The van der Waals surface area contributed by atoms with Gasteiger partial charge >= 0.3 is 0 Å². The third-order valence-electron chi connectivity index (χ3n) is 3.71. The summed E-state index contributed by atoms with van der Waals surface area (Å²) in [5.74, 6) is 0.202. The fourth-order valence-electron chi connectivity index (χ4n) is 2.43. The molecule has 0 aliphatic carbocycles. The first-order valence-electron chi connectivity index (χ1n) is 6.73. The van der Waals surface area contributed by atoms with Gasteiger partial charge in [0.15, 0.2) is 0 Å². The van der Waals surface area contributed by atoms with E-state index in [1.165, 1.54) is 23.5 Å². The van der Waals surface area contributed by atoms with Crippen LogP contribution in [0.15, 0.2) is 18.2 Å². The Morgan fingerprint density at radius 3 is 2.86 bits per heavy atom. The Morgan fingerprint density at radius 1 is 1.43 bits per heavy atom. The number of anilines is 1. The molecule has 0 bridgehead atoms. The van der Waals surface area contributed by atoms with E-state index in [9.17, 15) is 14.9 Å². The third-order valence-corrected chi connectivity index (χ3v) is 4.88. The second-order valence-electron chi connectivity index (χ2n) is 5.45. The lowest BCUT2D eigenvalue weighted by molar-refractivity contribution is -0.384. The van der Waals surface area contributed by atoms with E-state index >= 15 is 0 Å². The number of thiophene rings is 1. The van der Waals surface area contributed by atoms with E-state index in [2.05, 4.69) is 24.5 Å². The van der Waals surface area contributed by atoms with Gasteiger partial charge in [-0.25, -0.2) is 0 Å². The van der Waals surface area contributed by atoms with E-state index in [0.29, 0.717) is 23.0 Å². The maximum absolute atomic E-state index is 12.3. The van der Waals surface area contributed by atoms with Crippen LogP contribution in [0, 0.1) is 16.0 Å². The molecule has 1 unspecified atom stereocenters. The summed E-state index contributed by atoms with van der Waals surface area (Å²) < 4.78 is 0.872. The van der Waals surface area contributed by atoms with Crippen molar-refractivity contribution in [1.82, 2.24) is 5.32 Å². The van der Waals surface area contributed by atoms with Gasteiger partial charge in [-0.3, -0.25) is 14.9 Å². The molecule has 110 valence electrons. The molecule has 2 aromatic rings. The Bertz CT molecular complexity index is 738. The molecular weight excluding hydrogens is 290 g/mol. The molecule has 0 fully saturated rings. The number of carbonyl (C=O) groups excluding carboxylic acids is 1. The summed E-state index contributed by atoms with van der Waals surface area (Å²) in [5, 5.41) is 17.9. The molecule has 0 saturated heterocycles. The van der Waals surface area contributed by atoms with Gasteiger partial charge in [0.05, 0.1) is 10.6 Å². The Balaban J connectivity index is 2.10. The second-order valence-corrected chi connectivity index (χ2v) is 6.50. The zero-order chi connectivity index (χ0) is 15.1. The SMILES string of the molecule is CC(C)C1CNc2c(sc3ccc([N+](=O)[O-])cc23)C(=O)N1. The number of nitrogens with zero attached hydrogens (tertiary/aromatic N) is 1. The highest BCUT2D eigenvalue weighted by molar-refractivity contribution is 7.21. The lowest BCUT2D eigenvalue weighted by atomic mass is 10.1. The molecule has 2 N–H and O–H groups in total. The number of nitrogens with one attached hydrogen (secondary N) is 2. The Hall–Kier alpha value is -2.15. The number of hydrogen-bond donors (Lipinski definition) is 2. The average molecular weight is 305 g/mol. The maximum atomic E-state index is 12.3. The minimum atomic E-state index is -0.419. The monoisotopic (exact) mass is 305 g/mol. The van der Waals surface area contributed by atoms with Crippen LogP contribution in [0.5, 0.6) is 0 Å². The van der Waals surface area contributed by atoms with Gasteiger partial charge in [0.25, 0.3) is 11.6 Å². The molecule has 2 heterocycles. The van der Waals surface area contributed by atoms with Crippen LogP contribution in [-0.4, -0.2) is 23.4 Å². The number of benzene rings is 1. The van der Waals surface area contributed by atoms with Gasteiger partial charge in [0.2, 0.25) is 0 Å². The first-order chi connectivity index (χ1) is 9.97. The number of carbonyl (C=O) groups is 1. The molecule has 7 heteroatoms. The van der Waals surface area contributed by atoms with Crippen LogP contribution in [0.2, 0.25) is 0 Å². The molecule has 6 nitrogen and oxygen atoms in total. The van der Waals surface area contributed by atoms with E-state index in [1.54, 1.807) is 6.07 Å². The van der Waals surface area contributed by atoms with Gasteiger partial charge in [0.1, 0.15) is 4.88 Å². The zero-order valence-corrected chi connectivity index (χ0v) is 12.5. The number of fused-ring (bicyclic) bond motifs is 3. The van der Waals surface area contributed by atoms with Crippen molar-refractivity contribution in [1.29, 1.82) is 0 Å². The molecule has 0 radical (unpaired) electrons. The molecule has 21 heavy (non-hydrogen) atoms. The van der Waals surface area contributed by atoms with E-state index in [0.717, 1.165) is 10.1 Å². The van der Waals surface area contributed by atoms with Gasteiger partial charge in [-0.1, -0.05) is 13.8 Å². The smallest absolute Gasteiger partial charge is 0.270 e. The molecule has 1 atom stereocenters. The molecule has 1 aromatic heterocycles. The van der Waals surface area contributed by atoms with Crippen LogP contribution >= 0.6 is 11.3 Å². The second kappa shape index (κ2) is 5.00. The van der Waals surface area contributed by atoms with Crippen LogP contribution in [0.3, 0.4) is 0 Å². The normalized spacial score (nSPS) is 18.0. The van der Waals surface area contributed by atoms with Gasteiger partial charge in [-0.2, -0.15) is 0 Å². The highest BCUT2D eigenvalue weighted by Crippen LogP contribution is 2.38. The predicted octanol–water partition coefficient (Wildman–Crippen LogP) is 2.99. The summed E-state index contributed by atoms with van der Waals surface area (Å²) in [6, 6.07) is 4.74. The minimum absolute atomic E-state index is 0.0370. The number of rotatable bonds is 2. The first kappa shape index (κ1) is 13.8. The standard InChI is InChI=1S/C14H15N3O3S/c1-7(2)10-6-15-12-9-5-8(17(19)20)3-4-11(9)21-13(12)14(18)16-10/h3-5,7,10,15H,6H2,1-2H3,(H,16,18). The summed E-state index contributed by atoms with van der Waals surface area (Å²) in [6.07, 6.45) is 0. The Morgan fingerprint density at radius 2 is 2.19 bits per heavy atom. The predicted molar refractivity (Wildman–Crippen MR) is 83.1 cm³/mol. The van der Waals surface area contributed by atoms with Crippen molar-refractivity contribution in [2.75, 3.05) is 11.9 Å². The molecular formula is C14H15N3O3S. The molecule has 3 rings (SSSR count). The van der Waals surface area contributed by atoms with Crippen LogP contribution in [0.25, 0.3) is 10.1 Å². The van der Waals surface area contributed by atoms with Crippen LogP contribution in [0.1, 0.15) is 23.5 Å². The topological polar surface area (TPSA) is 84.3 Å². The van der Waals surface area contributed by atoms with Crippen molar-refractivity contribution in [2.45, 2.75) is 19.9 Å². The van der Waals surface area contributed by atoms with Crippen LogP contribution in [-0.2, 0) is 0 Å². The van der Waals surface area contributed by atoms with Gasteiger partial charge < -0.3 is 10.6 Å². The van der Waals surface area contributed by atoms with Crippen molar-refractivity contribution in [3.8, 4) is 0 Å². The number of hydrogen-bond acceptors (Lipinski definition) is 5. The largest absolute Gasteiger partial charge is 0.381 e. The molecule has 1 aliphatic heterocycles. The molecule has 0 saturated carbocycles. The van der Waals surface area contributed by atoms with Crippen molar-refractivity contribution in [3.05, 3.63) is 33.2 Å². The van der Waals surface area contributed by atoms with E-state index in [-0.39, 0.29) is 17.6 Å². The van der Waals surface area contributed by atoms with Crippen molar-refractivity contribution in [2.24, 2.45) is 5.92 Å². The first-order valence-corrected chi connectivity index (χ1v) is 7.54. The summed E-state index contributed by atoms with van der Waals surface area (Å²) in [7, 11) is 0. The minimum Gasteiger partial charge on any atom is -0.381 e. The fourth-order valence-corrected chi connectivity index (χ4v) is 3.50. The number of nitro benzene ring substituents is 1. The number of nitro groups is 1. The summed E-state index contributed by atoms with van der Waals surface area (Å²) in [5.41, 5.74) is 0.745. The fraction of sp³-hybridized carbons (Fsp3) is 0.357. The van der Waals surface area contributed by atoms with Crippen molar-refractivity contribution < 1.29 is 9.72 Å². The Labute approximate surface area is 125 Å². The molecule has 1 aromatic carbocycles. The summed E-state index contributed by atoms with van der Waals surface area (Å²) in [4.78, 5) is 23.4. The lowest BCUT2D eigenvalue weighted by Crippen LogP contribution is -2.40. The maximum Gasteiger partial charge on any atom is 0.270 e. The quantitative estimate of drug-likeness (QED) is 0.660. The Kier molecular flexibility index (Phi) is 3.29. The summed E-state index contributed by atoms with van der Waals surface area (Å²) in [6.45, 7) is 4.72. The molecule has 1 amide bonds. The zero-order valence-electron chi connectivity index (χ0n) is 11.7.